The zero-order valence-corrected chi connectivity index (χ0v) is 18.6. The van der Waals surface area contributed by atoms with Gasteiger partial charge < -0.3 is 14.6 Å². The van der Waals surface area contributed by atoms with E-state index in [1.807, 2.05) is 24.3 Å². The van der Waals surface area contributed by atoms with Gasteiger partial charge >= 0.3 is 11.9 Å². The minimum Gasteiger partial charge on any atom is -0.465 e. The number of hydrogen-bond donors (Lipinski definition) is 1. The fraction of sp³-hybridized carbons (Fsp3) is 0.385. The smallest absolute Gasteiger partial charge is 0.333 e. The van der Waals surface area contributed by atoms with Gasteiger partial charge in [0, 0.05) is 5.57 Å². The summed E-state index contributed by atoms with van der Waals surface area (Å²) < 4.78 is 10.7. The van der Waals surface area contributed by atoms with E-state index >= 15 is 0 Å². The Morgan fingerprint density at radius 3 is 2.03 bits per heavy atom. The van der Waals surface area contributed by atoms with E-state index in [9.17, 15) is 9.59 Å². The zero-order valence-electron chi connectivity index (χ0n) is 18.6. The maximum absolute atomic E-state index is 12.0. The molecule has 2 atom stereocenters. The van der Waals surface area contributed by atoms with E-state index in [1.165, 1.54) is 5.56 Å². The largest absolute Gasteiger partial charge is 0.465 e. The Balaban J connectivity index is 2.14. The monoisotopic (exact) mass is 424 g/mol. The summed E-state index contributed by atoms with van der Waals surface area (Å²) in [5.74, 6) is -1.89. The van der Waals surface area contributed by atoms with Crippen molar-refractivity contribution in [2.24, 2.45) is 5.92 Å². The number of hydrogen-bond acceptors (Lipinski definition) is 5. The van der Waals surface area contributed by atoms with Crippen LogP contribution in [0.15, 0.2) is 60.7 Å². The summed E-state index contributed by atoms with van der Waals surface area (Å²) in [6.07, 6.45) is 2.18. The molecule has 0 heterocycles. The highest BCUT2D eigenvalue weighted by atomic mass is 16.5. The fourth-order valence-electron chi connectivity index (χ4n) is 3.04. The molecule has 0 spiro atoms. The van der Waals surface area contributed by atoms with Crippen LogP contribution in [0.4, 0.5) is 0 Å². The molecule has 0 saturated heterocycles. The molecule has 166 valence electrons. The predicted molar refractivity (Wildman–Crippen MR) is 122 cm³/mol. The summed E-state index contributed by atoms with van der Waals surface area (Å²) in [6, 6.07) is 16.5. The van der Waals surface area contributed by atoms with E-state index in [1.54, 1.807) is 13.8 Å². The first kappa shape index (κ1) is 24.4. The molecule has 0 amide bonds. The molecule has 2 rings (SSSR count). The van der Waals surface area contributed by atoms with Crippen molar-refractivity contribution < 1.29 is 24.2 Å². The topological polar surface area (TPSA) is 72.8 Å². The molecule has 0 saturated carbocycles. The number of aliphatic hydroxyl groups excluding tert-OH is 1. The van der Waals surface area contributed by atoms with Gasteiger partial charge in [0.1, 0.15) is 13.2 Å². The molecular formula is C26H32O5. The Labute approximate surface area is 184 Å². The SMILES string of the molecule is C=C(C)C(=O)OCC(COC(=O)C(C)CO)c1ccc(-c2ccc(CCC)cc2)cc1. The minimum atomic E-state index is -0.600. The third-order valence-corrected chi connectivity index (χ3v) is 5.08. The molecule has 0 aromatic heterocycles. The first-order chi connectivity index (χ1) is 14.8. The van der Waals surface area contributed by atoms with Crippen molar-refractivity contribution in [3.05, 3.63) is 71.8 Å². The first-order valence-electron chi connectivity index (χ1n) is 10.6. The van der Waals surface area contributed by atoms with Crippen LogP contribution >= 0.6 is 0 Å². The van der Waals surface area contributed by atoms with Gasteiger partial charge in [-0.3, -0.25) is 4.79 Å². The Hall–Kier alpha value is -2.92. The van der Waals surface area contributed by atoms with Crippen molar-refractivity contribution in [1.29, 1.82) is 0 Å². The van der Waals surface area contributed by atoms with Gasteiger partial charge in [0.05, 0.1) is 18.4 Å². The number of carbonyl (C=O) groups excluding carboxylic acids is 2. The quantitative estimate of drug-likeness (QED) is 0.419. The zero-order chi connectivity index (χ0) is 22.8. The number of benzene rings is 2. The van der Waals surface area contributed by atoms with Gasteiger partial charge in [0.15, 0.2) is 0 Å². The average Bonchev–Trinajstić information content (AvgIpc) is 2.79. The van der Waals surface area contributed by atoms with Crippen LogP contribution < -0.4 is 0 Å². The number of rotatable bonds is 11. The summed E-state index contributed by atoms with van der Waals surface area (Å²) >= 11 is 0. The molecule has 5 heteroatoms. The Bertz CT molecular complexity index is 868. The van der Waals surface area contributed by atoms with Gasteiger partial charge in [-0.05, 0) is 42.5 Å². The highest BCUT2D eigenvalue weighted by molar-refractivity contribution is 5.86. The van der Waals surface area contributed by atoms with Gasteiger partial charge in [-0.2, -0.15) is 0 Å². The van der Waals surface area contributed by atoms with E-state index in [-0.39, 0.29) is 25.7 Å². The van der Waals surface area contributed by atoms with Crippen molar-refractivity contribution in [3.63, 3.8) is 0 Å². The molecule has 1 N–H and O–H groups in total. The molecule has 0 aliphatic rings. The number of ether oxygens (including phenoxy) is 2. The Kier molecular flexibility index (Phi) is 9.47. The highest BCUT2D eigenvalue weighted by Gasteiger charge is 2.20. The van der Waals surface area contributed by atoms with Gasteiger partial charge in [0.2, 0.25) is 0 Å². The molecule has 31 heavy (non-hydrogen) atoms. The fourth-order valence-corrected chi connectivity index (χ4v) is 3.04. The maximum atomic E-state index is 12.0. The lowest BCUT2D eigenvalue weighted by Crippen LogP contribution is -2.23. The average molecular weight is 425 g/mol. The number of esters is 2. The molecule has 5 nitrogen and oxygen atoms in total. The van der Waals surface area contributed by atoms with Crippen LogP contribution in [0.1, 0.15) is 44.2 Å². The molecular weight excluding hydrogens is 392 g/mol. The van der Waals surface area contributed by atoms with Crippen molar-refractivity contribution in [1.82, 2.24) is 0 Å². The Morgan fingerprint density at radius 1 is 0.968 bits per heavy atom. The second-order valence-corrected chi connectivity index (χ2v) is 7.86. The highest BCUT2D eigenvalue weighted by Crippen LogP contribution is 2.25. The van der Waals surface area contributed by atoms with Gasteiger partial charge in [-0.1, -0.05) is 68.5 Å². The van der Waals surface area contributed by atoms with Gasteiger partial charge in [0.25, 0.3) is 0 Å². The third-order valence-electron chi connectivity index (χ3n) is 5.08. The normalized spacial score (nSPS) is 12.6. The molecule has 0 bridgehead atoms. The molecule has 0 aliphatic heterocycles. The lowest BCUT2D eigenvalue weighted by molar-refractivity contribution is -0.150. The molecule has 0 fully saturated rings. The molecule has 2 aromatic rings. The third kappa shape index (κ3) is 7.37. The van der Waals surface area contributed by atoms with Gasteiger partial charge in [-0.25, -0.2) is 4.79 Å². The van der Waals surface area contributed by atoms with Crippen LogP contribution in [0, 0.1) is 5.92 Å². The van der Waals surface area contributed by atoms with Crippen LogP contribution in [-0.2, 0) is 25.5 Å². The molecule has 2 unspecified atom stereocenters. The van der Waals surface area contributed by atoms with Crippen LogP contribution in [-0.4, -0.2) is 36.9 Å². The van der Waals surface area contributed by atoms with Crippen LogP contribution in [0.5, 0.6) is 0 Å². The number of carbonyl (C=O) groups is 2. The van der Waals surface area contributed by atoms with E-state index < -0.39 is 17.9 Å². The number of aryl methyl sites for hydroxylation is 1. The van der Waals surface area contributed by atoms with Crippen LogP contribution in [0.3, 0.4) is 0 Å². The van der Waals surface area contributed by atoms with E-state index in [0.29, 0.717) is 5.57 Å². The predicted octanol–water partition coefficient (Wildman–Crippen LogP) is 4.68. The van der Waals surface area contributed by atoms with Crippen molar-refractivity contribution in [2.45, 2.75) is 39.5 Å². The van der Waals surface area contributed by atoms with Crippen molar-refractivity contribution in [3.8, 4) is 11.1 Å². The van der Waals surface area contributed by atoms with E-state index in [0.717, 1.165) is 29.5 Å². The summed E-state index contributed by atoms with van der Waals surface area (Å²) in [5.41, 5.74) is 4.73. The minimum absolute atomic E-state index is 0.0533. The van der Waals surface area contributed by atoms with E-state index in [2.05, 4.69) is 37.8 Å². The standard InChI is InChI=1S/C26H32O5/c1-5-6-20-7-9-21(10-8-20)22-11-13-23(14-12-22)24(16-30-25(28)18(2)3)17-31-26(29)19(4)15-27/h7-14,19,24,27H,2,5-6,15-17H2,1,3-4H3. The molecule has 0 radical (unpaired) electrons. The lowest BCUT2D eigenvalue weighted by atomic mass is 9.96. The maximum Gasteiger partial charge on any atom is 0.333 e. The summed E-state index contributed by atoms with van der Waals surface area (Å²) in [5, 5.41) is 9.13. The Morgan fingerprint density at radius 2 is 1.52 bits per heavy atom. The van der Waals surface area contributed by atoms with E-state index in [4.69, 9.17) is 14.6 Å². The summed E-state index contributed by atoms with van der Waals surface area (Å²) in [4.78, 5) is 23.8. The van der Waals surface area contributed by atoms with Crippen molar-refractivity contribution >= 4 is 11.9 Å². The van der Waals surface area contributed by atoms with Crippen LogP contribution in [0.2, 0.25) is 0 Å². The second kappa shape index (κ2) is 12.1. The summed E-state index contributed by atoms with van der Waals surface area (Å²) in [6.45, 7) is 8.78. The van der Waals surface area contributed by atoms with Crippen LogP contribution in [0.25, 0.3) is 11.1 Å². The molecule has 2 aromatic carbocycles. The van der Waals surface area contributed by atoms with Crippen molar-refractivity contribution in [2.75, 3.05) is 19.8 Å². The van der Waals surface area contributed by atoms with Gasteiger partial charge in [-0.15, -0.1) is 0 Å². The summed E-state index contributed by atoms with van der Waals surface area (Å²) in [7, 11) is 0. The number of aliphatic hydroxyl groups is 1. The second-order valence-electron chi connectivity index (χ2n) is 7.86. The first-order valence-corrected chi connectivity index (χ1v) is 10.6. The lowest BCUT2D eigenvalue weighted by Gasteiger charge is -2.19. The molecule has 0 aliphatic carbocycles.